The van der Waals surface area contributed by atoms with Gasteiger partial charge in [-0.3, -0.25) is 4.79 Å². The minimum Gasteiger partial charge on any atom is -0.396 e. The smallest absolute Gasteiger partial charge is 0.220 e. The Morgan fingerprint density at radius 3 is 2.44 bits per heavy atom. The second-order valence-corrected chi connectivity index (χ2v) is 2.02. The van der Waals surface area contributed by atoms with Gasteiger partial charge in [-0.15, -0.1) is 0 Å². The van der Waals surface area contributed by atoms with Crippen LogP contribution in [0, 0.1) is 5.92 Å². The third-order valence-electron chi connectivity index (χ3n) is 1.37. The van der Waals surface area contributed by atoms with Crippen LogP contribution in [-0.2, 0) is 4.79 Å². The molecule has 54 valence electrons. The quantitative estimate of drug-likeness (QED) is 0.558. The van der Waals surface area contributed by atoms with E-state index in [1.807, 2.05) is 6.92 Å². The summed E-state index contributed by atoms with van der Waals surface area (Å²) in [5, 5.41) is 8.41. The average molecular weight is 131 g/mol. The van der Waals surface area contributed by atoms with E-state index in [2.05, 4.69) is 0 Å². The van der Waals surface area contributed by atoms with Gasteiger partial charge in [0, 0.05) is 12.5 Å². The van der Waals surface area contributed by atoms with Crippen LogP contribution in [0.25, 0.3) is 0 Å². The van der Waals surface area contributed by atoms with Crippen molar-refractivity contribution >= 4 is 5.91 Å². The lowest BCUT2D eigenvalue weighted by molar-refractivity contribution is -0.122. The first kappa shape index (κ1) is 8.43. The minimum atomic E-state index is -0.313. The van der Waals surface area contributed by atoms with Gasteiger partial charge in [0.25, 0.3) is 0 Å². The van der Waals surface area contributed by atoms with Crippen molar-refractivity contribution in [1.29, 1.82) is 0 Å². The first-order valence-electron chi connectivity index (χ1n) is 3.12. The van der Waals surface area contributed by atoms with E-state index in [0.717, 1.165) is 6.42 Å². The van der Waals surface area contributed by atoms with Gasteiger partial charge < -0.3 is 10.8 Å². The molecule has 3 heteroatoms. The van der Waals surface area contributed by atoms with Crippen molar-refractivity contribution < 1.29 is 9.90 Å². The molecule has 0 aliphatic rings. The molecule has 0 bridgehead atoms. The van der Waals surface area contributed by atoms with Crippen molar-refractivity contribution in [3.8, 4) is 0 Å². The van der Waals surface area contributed by atoms with Crippen molar-refractivity contribution in [1.82, 2.24) is 0 Å². The maximum Gasteiger partial charge on any atom is 0.220 e. The van der Waals surface area contributed by atoms with Gasteiger partial charge in [0.15, 0.2) is 0 Å². The minimum absolute atomic E-state index is 0.0431. The standard InChI is InChI=1S/C6H13NO2/c1-2-5(3-4-8)6(7)9/h5,8H,2-4H2,1H3,(H2,7,9)/t5-/m1/s1. The van der Waals surface area contributed by atoms with Gasteiger partial charge in [-0.05, 0) is 12.8 Å². The summed E-state index contributed by atoms with van der Waals surface area (Å²) in [4.78, 5) is 10.4. The van der Waals surface area contributed by atoms with Crippen LogP contribution in [0.1, 0.15) is 19.8 Å². The summed E-state index contributed by atoms with van der Waals surface area (Å²) < 4.78 is 0. The number of aliphatic hydroxyl groups is 1. The second-order valence-electron chi connectivity index (χ2n) is 2.02. The van der Waals surface area contributed by atoms with E-state index in [9.17, 15) is 4.79 Å². The number of carbonyl (C=O) groups is 1. The number of hydrogen-bond acceptors (Lipinski definition) is 2. The lowest BCUT2D eigenvalue weighted by Gasteiger charge is -2.06. The molecule has 0 saturated carbocycles. The zero-order valence-corrected chi connectivity index (χ0v) is 5.63. The molecule has 0 fully saturated rings. The average Bonchev–Trinajstić information content (AvgIpc) is 1.82. The monoisotopic (exact) mass is 131 g/mol. The maximum atomic E-state index is 10.4. The van der Waals surface area contributed by atoms with Gasteiger partial charge in [-0.1, -0.05) is 6.92 Å². The second kappa shape index (κ2) is 4.32. The lowest BCUT2D eigenvalue weighted by Crippen LogP contribution is -2.23. The van der Waals surface area contributed by atoms with Crippen molar-refractivity contribution in [3.05, 3.63) is 0 Å². The summed E-state index contributed by atoms with van der Waals surface area (Å²) in [7, 11) is 0. The zero-order chi connectivity index (χ0) is 7.28. The fourth-order valence-corrected chi connectivity index (χ4v) is 0.703. The summed E-state index contributed by atoms with van der Waals surface area (Å²) in [6.45, 7) is 1.92. The molecule has 0 spiro atoms. The molecular weight excluding hydrogens is 118 g/mol. The molecule has 0 aromatic rings. The summed E-state index contributed by atoms with van der Waals surface area (Å²) in [5.41, 5.74) is 4.98. The molecule has 0 rings (SSSR count). The van der Waals surface area contributed by atoms with E-state index in [4.69, 9.17) is 10.8 Å². The van der Waals surface area contributed by atoms with Gasteiger partial charge >= 0.3 is 0 Å². The molecule has 3 N–H and O–H groups in total. The summed E-state index contributed by atoms with van der Waals surface area (Å²) >= 11 is 0. The van der Waals surface area contributed by atoms with E-state index in [1.54, 1.807) is 0 Å². The summed E-state index contributed by atoms with van der Waals surface area (Å²) in [6, 6.07) is 0. The van der Waals surface area contributed by atoms with Crippen LogP contribution >= 0.6 is 0 Å². The molecule has 1 amide bonds. The van der Waals surface area contributed by atoms with Gasteiger partial charge in [0.05, 0.1) is 0 Å². The number of nitrogens with two attached hydrogens (primary N) is 1. The van der Waals surface area contributed by atoms with E-state index in [0.29, 0.717) is 6.42 Å². The Hall–Kier alpha value is -0.570. The Labute approximate surface area is 54.9 Å². The molecule has 0 radical (unpaired) electrons. The molecule has 0 aromatic carbocycles. The zero-order valence-electron chi connectivity index (χ0n) is 5.63. The van der Waals surface area contributed by atoms with E-state index < -0.39 is 0 Å². The Bertz CT molecular complexity index is 93.1. The SMILES string of the molecule is CC[C@H](CCO)C(N)=O. The van der Waals surface area contributed by atoms with Crippen molar-refractivity contribution in [2.75, 3.05) is 6.61 Å². The molecule has 0 heterocycles. The molecule has 0 saturated heterocycles. The fourth-order valence-electron chi connectivity index (χ4n) is 0.703. The molecule has 3 nitrogen and oxygen atoms in total. The molecule has 1 atom stereocenters. The summed E-state index contributed by atoms with van der Waals surface area (Å²) in [5.74, 6) is -0.457. The van der Waals surface area contributed by atoms with Crippen LogP contribution in [-0.4, -0.2) is 17.6 Å². The largest absolute Gasteiger partial charge is 0.396 e. The van der Waals surface area contributed by atoms with Crippen LogP contribution < -0.4 is 5.73 Å². The first-order chi connectivity index (χ1) is 4.22. The molecule has 0 aliphatic heterocycles. The van der Waals surface area contributed by atoms with Crippen LogP contribution in [0.5, 0.6) is 0 Å². The van der Waals surface area contributed by atoms with Gasteiger partial charge in [-0.25, -0.2) is 0 Å². The highest BCUT2D eigenvalue weighted by Crippen LogP contribution is 2.04. The topological polar surface area (TPSA) is 63.3 Å². The van der Waals surface area contributed by atoms with Crippen LogP contribution in [0.3, 0.4) is 0 Å². The molecule has 0 unspecified atom stereocenters. The number of hydrogen-bond donors (Lipinski definition) is 2. The van der Waals surface area contributed by atoms with Crippen LogP contribution in [0.4, 0.5) is 0 Å². The van der Waals surface area contributed by atoms with Crippen LogP contribution in [0.2, 0.25) is 0 Å². The third-order valence-corrected chi connectivity index (χ3v) is 1.37. The Morgan fingerprint density at radius 2 is 2.33 bits per heavy atom. The Kier molecular flexibility index (Phi) is 4.05. The van der Waals surface area contributed by atoms with E-state index in [-0.39, 0.29) is 18.4 Å². The summed E-state index contributed by atoms with van der Waals surface area (Å²) in [6.07, 6.45) is 1.21. The van der Waals surface area contributed by atoms with Gasteiger partial charge in [0.2, 0.25) is 5.91 Å². The highest BCUT2D eigenvalue weighted by molar-refractivity contribution is 5.76. The fraction of sp³-hybridized carbons (Fsp3) is 0.833. The highest BCUT2D eigenvalue weighted by atomic mass is 16.3. The van der Waals surface area contributed by atoms with Gasteiger partial charge in [0.1, 0.15) is 0 Å². The third kappa shape index (κ3) is 3.08. The Morgan fingerprint density at radius 1 is 1.78 bits per heavy atom. The number of carbonyl (C=O) groups excluding carboxylic acids is 1. The van der Waals surface area contributed by atoms with Crippen molar-refractivity contribution in [2.24, 2.45) is 11.7 Å². The molecular formula is C6H13NO2. The van der Waals surface area contributed by atoms with Crippen molar-refractivity contribution in [2.45, 2.75) is 19.8 Å². The van der Waals surface area contributed by atoms with Gasteiger partial charge in [-0.2, -0.15) is 0 Å². The maximum absolute atomic E-state index is 10.4. The lowest BCUT2D eigenvalue weighted by atomic mass is 10.0. The first-order valence-corrected chi connectivity index (χ1v) is 3.12. The number of aliphatic hydroxyl groups excluding tert-OH is 1. The number of rotatable bonds is 4. The molecule has 0 aromatic heterocycles. The highest BCUT2D eigenvalue weighted by Gasteiger charge is 2.10. The number of amides is 1. The van der Waals surface area contributed by atoms with Crippen LogP contribution in [0.15, 0.2) is 0 Å². The van der Waals surface area contributed by atoms with E-state index >= 15 is 0 Å². The Balaban J connectivity index is 3.54. The van der Waals surface area contributed by atoms with E-state index in [1.165, 1.54) is 0 Å². The van der Waals surface area contributed by atoms with Crippen molar-refractivity contribution in [3.63, 3.8) is 0 Å². The number of primary amides is 1. The predicted molar refractivity (Wildman–Crippen MR) is 34.7 cm³/mol. The predicted octanol–water partition coefficient (Wildman–Crippen LogP) is -0.120. The molecule has 9 heavy (non-hydrogen) atoms. The molecule has 0 aliphatic carbocycles. The normalized spacial score (nSPS) is 13.1.